The van der Waals surface area contributed by atoms with E-state index in [0.29, 0.717) is 17.9 Å². The van der Waals surface area contributed by atoms with Crippen LogP contribution in [-0.4, -0.2) is 66.9 Å². The minimum Gasteiger partial charge on any atom is -0.495 e. The number of hydrogen-bond acceptors (Lipinski definition) is 8. The third-order valence-electron chi connectivity index (χ3n) is 8.30. The number of nitrogens with zero attached hydrogens (tertiary/aromatic N) is 1. The normalized spacial score (nSPS) is 32.0. The van der Waals surface area contributed by atoms with Gasteiger partial charge in [-0.3, -0.25) is 14.9 Å². The largest absolute Gasteiger partial charge is 0.495 e. The lowest BCUT2D eigenvalue weighted by molar-refractivity contribution is -0.157. The minimum atomic E-state index is -1.51. The summed E-state index contributed by atoms with van der Waals surface area (Å²) in [6.07, 6.45) is 3.40. The molecule has 3 aliphatic rings. The van der Waals surface area contributed by atoms with Gasteiger partial charge in [-0.05, 0) is 38.0 Å². The quantitative estimate of drug-likeness (QED) is 0.376. The van der Waals surface area contributed by atoms with Crippen molar-refractivity contribution in [3.63, 3.8) is 0 Å². The van der Waals surface area contributed by atoms with Crippen molar-refractivity contribution in [1.29, 1.82) is 0 Å². The highest BCUT2D eigenvalue weighted by Gasteiger charge is 2.64. The van der Waals surface area contributed by atoms with Crippen LogP contribution in [0.15, 0.2) is 35.9 Å². The number of anilines is 1. The Labute approximate surface area is 252 Å². The van der Waals surface area contributed by atoms with Gasteiger partial charge in [0.15, 0.2) is 0 Å². The molecule has 4 bridgehead atoms. The molecule has 2 amide bonds. The molecule has 1 unspecified atom stereocenters. The fraction of sp³-hybridized carbons (Fsp3) is 0.581. The zero-order valence-corrected chi connectivity index (χ0v) is 26.0. The van der Waals surface area contributed by atoms with Crippen molar-refractivity contribution in [2.45, 2.75) is 89.9 Å². The molecule has 2 N–H and O–H groups in total. The Morgan fingerprint density at radius 3 is 2.67 bits per heavy atom. The summed E-state index contributed by atoms with van der Waals surface area (Å²) in [4.78, 5) is 40.4. The van der Waals surface area contributed by atoms with E-state index in [9.17, 15) is 19.5 Å². The van der Waals surface area contributed by atoms with E-state index in [4.69, 9.17) is 30.5 Å². The number of methoxy groups -OCH3 is 1. The van der Waals surface area contributed by atoms with Crippen molar-refractivity contribution < 1.29 is 38.4 Å². The molecule has 3 aliphatic heterocycles. The molecule has 3 heterocycles. The molecule has 1 aromatic rings. The van der Waals surface area contributed by atoms with Crippen LogP contribution in [0.2, 0.25) is 5.02 Å². The predicted octanol–water partition coefficient (Wildman–Crippen LogP) is 4.70. The van der Waals surface area contributed by atoms with Crippen LogP contribution in [0.25, 0.3) is 0 Å². The van der Waals surface area contributed by atoms with Gasteiger partial charge in [-0.25, -0.2) is 4.79 Å². The van der Waals surface area contributed by atoms with Crippen LogP contribution in [0.1, 0.15) is 59.4 Å². The molecule has 2 fully saturated rings. The van der Waals surface area contributed by atoms with Gasteiger partial charge >= 0.3 is 12.1 Å². The molecule has 230 valence electrons. The van der Waals surface area contributed by atoms with Crippen LogP contribution in [0.3, 0.4) is 0 Å². The molecule has 0 saturated carbocycles. The third-order valence-corrected chi connectivity index (χ3v) is 8.68. The van der Waals surface area contributed by atoms with Gasteiger partial charge in [0.05, 0.1) is 31.2 Å². The average molecular weight is 605 g/mol. The van der Waals surface area contributed by atoms with Crippen molar-refractivity contribution in [3.05, 3.63) is 46.5 Å². The molecular formula is C31H41ClN2O8. The number of amides is 2. The lowest BCUT2D eigenvalue weighted by Gasteiger charge is -2.39. The predicted molar refractivity (Wildman–Crippen MR) is 157 cm³/mol. The second kappa shape index (κ2) is 12.3. The van der Waals surface area contributed by atoms with Crippen LogP contribution < -0.4 is 15.0 Å². The highest BCUT2D eigenvalue weighted by molar-refractivity contribution is 6.35. The minimum absolute atomic E-state index is 0.130. The molecule has 0 aliphatic carbocycles. The number of carbonyl (C=O) groups is 3. The first-order chi connectivity index (χ1) is 19.7. The standard InChI is InChI=1S/C31H41ClN2O8/c1-17(2)28(36)41-24-15-25(35)34(6)21-13-20(14-22(39-7)26(21)32)12-18(3)10-8-9-11-31(38)16-23(40-29(37)33-31)19(4)27-30(24,5)42-27/h8-10,13-14,17,19,23-24,27,38H,11-12,15-16H2,1-7H3,(H,33,37)/t19-,23+,24?,27+,30+,31-/m1/s1. The first-order valence-electron chi connectivity index (χ1n) is 14.2. The van der Waals surface area contributed by atoms with Gasteiger partial charge in [-0.15, -0.1) is 0 Å². The number of aliphatic hydroxyl groups is 1. The summed E-state index contributed by atoms with van der Waals surface area (Å²) in [6.45, 7) is 9.04. The van der Waals surface area contributed by atoms with Gasteiger partial charge in [0, 0.05) is 25.8 Å². The number of allylic oxidation sites excluding steroid dienone is 3. The van der Waals surface area contributed by atoms with E-state index in [-0.39, 0.29) is 36.1 Å². The highest BCUT2D eigenvalue weighted by Crippen LogP contribution is 2.49. The topological polar surface area (TPSA) is 127 Å². The van der Waals surface area contributed by atoms with Gasteiger partial charge in [0.25, 0.3) is 0 Å². The first kappa shape index (κ1) is 31.8. The summed E-state index contributed by atoms with van der Waals surface area (Å²) in [5, 5.41) is 14.1. The van der Waals surface area contributed by atoms with Crippen LogP contribution in [0, 0.1) is 11.8 Å². The number of fused-ring (bicyclic) bond motifs is 5. The van der Waals surface area contributed by atoms with Crippen molar-refractivity contribution >= 4 is 35.3 Å². The summed E-state index contributed by atoms with van der Waals surface area (Å²) < 4.78 is 23.1. The monoisotopic (exact) mass is 604 g/mol. The maximum absolute atomic E-state index is 13.7. The van der Waals surface area contributed by atoms with Crippen LogP contribution in [-0.2, 0) is 30.2 Å². The fourth-order valence-electron chi connectivity index (χ4n) is 5.61. The Kier molecular flexibility index (Phi) is 9.30. The van der Waals surface area contributed by atoms with E-state index < -0.39 is 47.6 Å². The molecule has 42 heavy (non-hydrogen) atoms. The number of nitrogens with one attached hydrogen (secondary N) is 1. The summed E-state index contributed by atoms with van der Waals surface area (Å²) in [5.74, 6) is -1.16. The highest BCUT2D eigenvalue weighted by atomic mass is 35.5. The van der Waals surface area contributed by atoms with Crippen LogP contribution in [0.4, 0.5) is 10.5 Å². The molecule has 6 atom stereocenters. The molecule has 10 nitrogen and oxygen atoms in total. The lowest BCUT2D eigenvalue weighted by Crippen LogP contribution is -2.57. The number of halogens is 1. The Morgan fingerprint density at radius 1 is 1.29 bits per heavy atom. The Bertz CT molecular complexity index is 1300. The van der Waals surface area contributed by atoms with Crippen molar-refractivity contribution in [2.24, 2.45) is 11.8 Å². The van der Waals surface area contributed by atoms with E-state index in [2.05, 4.69) is 5.32 Å². The van der Waals surface area contributed by atoms with Crippen molar-refractivity contribution in [2.75, 3.05) is 19.1 Å². The number of carbonyl (C=O) groups excluding carboxylic acids is 3. The van der Waals surface area contributed by atoms with Gasteiger partial charge in [0.1, 0.15) is 34.3 Å². The van der Waals surface area contributed by atoms with Crippen molar-refractivity contribution in [3.8, 4) is 5.75 Å². The summed E-state index contributed by atoms with van der Waals surface area (Å²) >= 11 is 6.66. The zero-order chi connectivity index (χ0) is 31.0. The molecular weight excluding hydrogens is 564 g/mol. The molecule has 0 radical (unpaired) electrons. The first-order valence-corrected chi connectivity index (χ1v) is 14.6. The van der Waals surface area contributed by atoms with E-state index in [1.165, 1.54) is 12.0 Å². The van der Waals surface area contributed by atoms with Gasteiger partial charge < -0.3 is 29.0 Å². The average Bonchev–Trinajstić information content (AvgIpc) is 3.62. The zero-order valence-electron chi connectivity index (χ0n) is 25.2. The molecule has 1 aromatic carbocycles. The Hall–Kier alpha value is -3.08. The van der Waals surface area contributed by atoms with Crippen molar-refractivity contribution in [1.82, 2.24) is 5.32 Å². The number of ether oxygens (including phenoxy) is 4. The summed E-state index contributed by atoms with van der Waals surface area (Å²) in [6, 6.07) is 3.67. The fourth-order valence-corrected chi connectivity index (χ4v) is 5.92. The maximum Gasteiger partial charge on any atom is 0.409 e. The molecule has 11 heteroatoms. The van der Waals surface area contributed by atoms with E-state index in [0.717, 1.165) is 11.1 Å². The van der Waals surface area contributed by atoms with E-state index in [1.54, 1.807) is 33.9 Å². The summed E-state index contributed by atoms with van der Waals surface area (Å²) in [5.41, 5.74) is -0.191. The number of alkyl carbamates (subject to hydrolysis) is 1. The number of benzene rings is 1. The Morgan fingerprint density at radius 2 is 2.00 bits per heavy atom. The third kappa shape index (κ3) is 6.76. The molecule has 0 spiro atoms. The van der Waals surface area contributed by atoms with E-state index in [1.807, 2.05) is 38.1 Å². The lowest BCUT2D eigenvalue weighted by atomic mass is 9.84. The molecule has 4 rings (SSSR count). The summed E-state index contributed by atoms with van der Waals surface area (Å²) in [7, 11) is 3.13. The van der Waals surface area contributed by atoms with Gasteiger partial charge in [-0.1, -0.05) is 56.2 Å². The van der Waals surface area contributed by atoms with Crippen LogP contribution >= 0.6 is 11.6 Å². The number of rotatable bonds is 3. The number of epoxide rings is 1. The van der Waals surface area contributed by atoms with Crippen LogP contribution in [0.5, 0.6) is 5.75 Å². The molecule has 2 saturated heterocycles. The molecule has 0 aromatic heterocycles. The number of esters is 1. The van der Waals surface area contributed by atoms with Gasteiger partial charge in [0.2, 0.25) is 5.91 Å². The SMILES string of the molecule is COc1cc2cc(c1Cl)N(C)C(=O)CC(OC(=O)C(C)C)[C@]1(C)O[C@H]1[C@H](C)[C@@H]1C[C@](O)(CC=CC=C(C)C2)NC(=O)O1. The second-order valence-electron chi connectivity index (χ2n) is 12.1. The van der Waals surface area contributed by atoms with Gasteiger partial charge in [-0.2, -0.15) is 0 Å². The smallest absolute Gasteiger partial charge is 0.409 e. The Balaban J connectivity index is 1.76. The maximum atomic E-state index is 13.7. The second-order valence-corrected chi connectivity index (χ2v) is 12.5. The number of hydrogen-bond donors (Lipinski definition) is 2. The van der Waals surface area contributed by atoms with E-state index >= 15 is 0 Å².